The third-order valence-electron chi connectivity index (χ3n) is 3.43. The van der Waals surface area contributed by atoms with Crippen LogP contribution in [0.3, 0.4) is 0 Å². The van der Waals surface area contributed by atoms with E-state index in [1.807, 2.05) is 0 Å². The van der Waals surface area contributed by atoms with E-state index in [-0.39, 0.29) is 11.0 Å². The molecule has 0 aliphatic heterocycles. The second kappa shape index (κ2) is 5.02. The SMILES string of the molecule is NCCC1(CNC(=O)c2cc(F)ccc2F)CC1. The van der Waals surface area contributed by atoms with E-state index in [1.165, 1.54) is 0 Å². The number of rotatable bonds is 5. The van der Waals surface area contributed by atoms with Crippen LogP contribution in [0.25, 0.3) is 0 Å². The molecule has 3 N–H and O–H groups in total. The Balaban J connectivity index is 1.98. The van der Waals surface area contributed by atoms with Crippen LogP contribution in [0, 0.1) is 17.0 Å². The van der Waals surface area contributed by atoms with E-state index in [9.17, 15) is 13.6 Å². The molecule has 0 heterocycles. The summed E-state index contributed by atoms with van der Waals surface area (Å²) in [5, 5.41) is 2.65. The van der Waals surface area contributed by atoms with Crippen molar-refractivity contribution in [2.24, 2.45) is 11.1 Å². The van der Waals surface area contributed by atoms with Gasteiger partial charge in [0.05, 0.1) is 5.56 Å². The maximum atomic E-state index is 13.4. The fourth-order valence-electron chi connectivity index (χ4n) is 2.03. The number of nitrogens with one attached hydrogen (secondary N) is 1. The lowest BCUT2D eigenvalue weighted by Crippen LogP contribution is -2.31. The smallest absolute Gasteiger partial charge is 0.254 e. The fourth-order valence-corrected chi connectivity index (χ4v) is 2.03. The quantitative estimate of drug-likeness (QED) is 0.842. The summed E-state index contributed by atoms with van der Waals surface area (Å²) in [5.74, 6) is -1.91. The molecule has 1 saturated carbocycles. The fraction of sp³-hybridized carbons (Fsp3) is 0.462. The van der Waals surface area contributed by atoms with Crippen LogP contribution in [0.5, 0.6) is 0 Å². The minimum atomic E-state index is -0.711. The molecule has 18 heavy (non-hydrogen) atoms. The van der Waals surface area contributed by atoms with Gasteiger partial charge < -0.3 is 11.1 Å². The molecule has 3 nitrogen and oxygen atoms in total. The van der Waals surface area contributed by atoms with E-state index in [2.05, 4.69) is 5.32 Å². The van der Waals surface area contributed by atoms with Gasteiger partial charge in [-0.3, -0.25) is 4.79 Å². The summed E-state index contributed by atoms with van der Waals surface area (Å²) in [6, 6.07) is 2.85. The van der Waals surface area contributed by atoms with E-state index < -0.39 is 17.5 Å². The van der Waals surface area contributed by atoms with Gasteiger partial charge in [0.15, 0.2) is 0 Å². The second-order valence-corrected chi connectivity index (χ2v) is 4.85. The molecule has 0 atom stereocenters. The monoisotopic (exact) mass is 254 g/mol. The standard InChI is InChI=1S/C13H16F2N2O/c14-9-1-2-11(15)10(7-9)12(18)17-8-13(3-4-13)5-6-16/h1-2,7H,3-6,8,16H2,(H,17,18). The lowest BCUT2D eigenvalue weighted by Gasteiger charge is -2.15. The highest BCUT2D eigenvalue weighted by atomic mass is 19.1. The van der Waals surface area contributed by atoms with Gasteiger partial charge in [-0.15, -0.1) is 0 Å². The van der Waals surface area contributed by atoms with Crippen LogP contribution in [-0.2, 0) is 0 Å². The molecule has 2 rings (SSSR count). The highest BCUT2D eigenvalue weighted by Gasteiger charge is 2.41. The topological polar surface area (TPSA) is 55.1 Å². The third kappa shape index (κ3) is 2.85. The molecule has 1 amide bonds. The zero-order valence-electron chi connectivity index (χ0n) is 10.0. The Kier molecular flexibility index (Phi) is 3.61. The lowest BCUT2D eigenvalue weighted by molar-refractivity contribution is 0.0939. The number of benzene rings is 1. The van der Waals surface area contributed by atoms with Gasteiger partial charge in [-0.2, -0.15) is 0 Å². The molecule has 0 radical (unpaired) electrons. The lowest BCUT2D eigenvalue weighted by atomic mass is 10.0. The molecular formula is C13H16F2N2O. The first-order valence-corrected chi connectivity index (χ1v) is 6.00. The van der Waals surface area contributed by atoms with E-state index in [1.54, 1.807) is 0 Å². The Hall–Kier alpha value is -1.49. The molecule has 1 aromatic rings. The molecule has 0 spiro atoms. The maximum Gasteiger partial charge on any atom is 0.254 e. The van der Waals surface area contributed by atoms with Crippen LogP contribution in [0.1, 0.15) is 29.6 Å². The number of amides is 1. The predicted octanol–water partition coefficient (Wildman–Crippen LogP) is 1.82. The Bertz CT molecular complexity index is 458. The molecule has 5 heteroatoms. The van der Waals surface area contributed by atoms with E-state index in [0.29, 0.717) is 13.1 Å². The van der Waals surface area contributed by atoms with Gasteiger partial charge in [0.25, 0.3) is 5.91 Å². The molecule has 1 aromatic carbocycles. The van der Waals surface area contributed by atoms with Crippen molar-refractivity contribution in [3.8, 4) is 0 Å². The number of carbonyl (C=O) groups excluding carboxylic acids is 1. The minimum absolute atomic E-state index is 0.0776. The Labute approximate surface area is 104 Å². The van der Waals surface area contributed by atoms with E-state index in [0.717, 1.165) is 37.5 Å². The Morgan fingerprint density at radius 3 is 2.72 bits per heavy atom. The summed E-state index contributed by atoms with van der Waals surface area (Å²) in [6.45, 7) is 1.04. The summed E-state index contributed by atoms with van der Waals surface area (Å²) >= 11 is 0. The molecule has 0 bridgehead atoms. The largest absolute Gasteiger partial charge is 0.351 e. The van der Waals surface area contributed by atoms with Gasteiger partial charge in [0.2, 0.25) is 0 Å². The molecular weight excluding hydrogens is 238 g/mol. The highest BCUT2D eigenvalue weighted by molar-refractivity contribution is 5.94. The van der Waals surface area contributed by atoms with Crippen LogP contribution in [-0.4, -0.2) is 19.0 Å². The molecule has 0 aromatic heterocycles. The summed E-state index contributed by atoms with van der Waals surface area (Å²) < 4.78 is 26.3. The first-order chi connectivity index (χ1) is 8.56. The predicted molar refractivity (Wildman–Crippen MR) is 64.0 cm³/mol. The van der Waals surface area contributed by atoms with Crippen molar-refractivity contribution in [3.63, 3.8) is 0 Å². The van der Waals surface area contributed by atoms with Gasteiger partial charge in [0, 0.05) is 6.54 Å². The van der Waals surface area contributed by atoms with Gasteiger partial charge in [-0.25, -0.2) is 8.78 Å². The van der Waals surface area contributed by atoms with Crippen LogP contribution in [0.4, 0.5) is 8.78 Å². The average molecular weight is 254 g/mol. The van der Waals surface area contributed by atoms with Crippen LogP contribution in [0.15, 0.2) is 18.2 Å². The molecule has 98 valence electrons. The summed E-state index contributed by atoms with van der Waals surface area (Å²) in [4.78, 5) is 11.7. The van der Waals surface area contributed by atoms with Crippen molar-refractivity contribution >= 4 is 5.91 Å². The zero-order chi connectivity index (χ0) is 13.2. The number of nitrogens with two attached hydrogens (primary N) is 1. The van der Waals surface area contributed by atoms with Gasteiger partial charge >= 0.3 is 0 Å². The van der Waals surface area contributed by atoms with Crippen molar-refractivity contribution < 1.29 is 13.6 Å². The number of carbonyl (C=O) groups is 1. The van der Waals surface area contributed by atoms with E-state index >= 15 is 0 Å². The van der Waals surface area contributed by atoms with Gasteiger partial charge in [-0.05, 0) is 49.4 Å². The van der Waals surface area contributed by atoms with Crippen molar-refractivity contribution in [1.82, 2.24) is 5.32 Å². The molecule has 0 saturated heterocycles. The first kappa shape index (κ1) is 13.0. The van der Waals surface area contributed by atoms with Crippen molar-refractivity contribution in [1.29, 1.82) is 0 Å². The number of hydrogen-bond donors (Lipinski definition) is 2. The summed E-state index contributed by atoms with van der Waals surface area (Å²) in [7, 11) is 0. The van der Waals surface area contributed by atoms with Gasteiger partial charge in [0.1, 0.15) is 11.6 Å². The normalized spacial score (nSPS) is 16.4. The number of halogens is 2. The van der Waals surface area contributed by atoms with E-state index in [4.69, 9.17) is 5.73 Å². The number of hydrogen-bond acceptors (Lipinski definition) is 2. The molecule has 1 aliphatic rings. The summed E-state index contributed by atoms with van der Waals surface area (Å²) in [6.07, 6.45) is 2.89. The molecule has 0 unspecified atom stereocenters. The van der Waals surface area contributed by atoms with Crippen molar-refractivity contribution in [3.05, 3.63) is 35.4 Å². The van der Waals surface area contributed by atoms with Crippen LogP contribution >= 0.6 is 0 Å². The first-order valence-electron chi connectivity index (χ1n) is 6.00. The molecule has 1 fully saturated rings. The maximum absolute atomic E-state index is 13.4. The summed E-state index contributed by atoms with van der Waals surface area (Å²) in [5.41, 5.74) is 5.32. The minimum Gasteiger partial charge on any atom is -0.351 e. The Morgan fingerprint density at radius 2 is 2.11 bits per heavy atom. The third-order valence-corrected chi connectivity index (χ3v) is 3.43. The van der Waals surface area contributed by atoms with Crippen molar-refractivity contribution in [2.45, 2.75) is 19.3 Å². The van der Waals surface area contributed by atoms with Crippen LogP contribution in [0.2, 0.25) is 0 Å². The van der Waals surface area contributed by atoms with Crippen molar-refractivity contribution in [2.75, 3.05) is 13.1 Å². The second-order valence-electron chi connectivity index (χ2n) is 4.85. The van der Waals surface area contributed by atoms with Gasteiger partial charge in [-0.1, -0.05) is 0 Å². The average Bonchev–Trinajstić information content (AvgIpc) is 3.10. The zero-order valence-corrected chi connectivity index (χ0v) is 10.0. The molecule has 1 aliphatic carbocycles. The Morgan fingerprint density at radius 1 is 1.39 bits per heavy atom. The van der Waals surface area contributed by atoms with Crippen LogP contribution < -0.4 is 11.1 Å². The highest BCUT2D eigenvalue weighted by Crippen LogP contribution is 2.47.